The van der Waals surface area contributed by atoms with Crippen LogP contribution in [0.4, 0.5) is 0 Å². The van der Waals surface area contributed by atoms with Crippen LogP contribution in [0, 0.1) is 18.3 Å². The summed E-state index contributed by atoms with van der Waals surface area (Å²) in [6.07, 6.45) is 10.0. The number of nitrogens with zero attached hydrogens (tertiary/aromatic N) is 5. The Morgan fingerprint density at radius 2 is 2.06 bits per heavy atom. The normalized spacial score (nSPS) is 33.0. The maximum atomic E-state index is 13.0. The van der Waals surface area contributed by atoms with E-state index in [0.717, 1.165) is 37.7 Å². The average Bonchev–Trinajstić information content (AvgIpc) is 3.08. The van der Waals surface area contributed by atoms with Gasteiger partial charge in [-0.1, -0.05) is 12.1 Å². The van der Waals surface area contributed by atoms with Crippen LogP contribution >= 0.6 is 0 Å². The Morgan fingerprint density at radius 1 is 1.16 bits per heavy atom. The summed E-state index contributed by atoms with van der Waals surface area (Å²) in [6, 6.07) is 5.47. The first kappa shape index (κ1) is 18.6. The van der Waals surface area contributed by atoms with E-state index in [0.29, 0.717) is 29.2 Å². The fraction of sp³-hybridized carbons (Fsp3) is 0.478. The van der Waals surface area contributed by atoms with Crippen LogP contribution in [0.1, 0.15) is 61.2 Å². The molecule has 6 rings (SSSR count). The predicted molar refractivity (Wildman–Crippen MR) is 111 cm³/mol. The molecule has 4 atom stereocenters. The number of hydrogen-bond acceptors (Lipinski definition) is 7. The van der Waals surface area contributed by atoms with Crippen LogP contribution < -0.4 is 5.32 Å². The van der Waals surface area contributed by atoms with Gasteiger partial charge in [0.05, 0.1) is 5.41 Å². The second-order valence-electron chi connectivity index (χ2n) is 9.79. The number of nitrogens with one attached hydrogen (secondary N) is 1. The van der Waals surface area contributed by atoms with Gasteiger partial charge in [0.25, 0.3) is 5.91 Å². The van der Waals surface area contributed by atoms with Gasteiger partial charge in [-0.3, -0.25) is 9.78 Å². The quantitative estimate of drug-likeness (QED) is 0.696. The highest BCUT2D eigenvalue weighted by Crippen LogP contribution is 2.78. The summed E-state index contributed by atoms with van der Waals surface area (Å²) >= 11 is 0. The number of carbonyl (C=O) groups excluding carboxylic acids is 1. The Balaban J connectivity index is 1.31. The Kier molecular flexibility index (Phi) is 3.71. The van der Waals surface area contributed by atoms with Gasteiger partial charge in [-0.05, 0) is 68.6 Å². The van der Waals surface area contributed by atoms with Crippen molar-refractivity contribution in [2.75, 3.05) is 0 Å². The zero-order valence-corrected chi connectivity index (χ0v) is 17.6. The molecule has 1 amide bonds. The molecule has 3 heterocycles. The fourth-order valence-electron chi connectivity index (χ4n) is 6.57. The Morgan fingerprint density at radius 3 is 2.87 bits per heavy atom. The van der Waals surface area contributed by atoms with E-state index in [4.69, 9.17) is 9.51 Å². The number of rotatable bonds is 4. The van der Waals surface area contributed by atoms with Crippen molar-refractivity contribution in [2.24, 2.45) is 11.3 Å². The number of aryl methyl sites for hydroxylation is 1. The molecule has 1 N–H and O–H groups in total. The summed E-state index contributed by atoms with van der Waals surface area (Å²) in [6.45, 7) is 4.08. The monoisotopic (exact) mass is 416 g/mol. The lowest BCUT2D eigenvalue weighted by Gasteiger charge is -2.36. The van der Waals surface area contributed by atoms with Crippen molar-refractivity contribution >= 4 is 5.91 Å². The molecular formula is C23H24N6O2. The van der Waals surface area contributed by atoms with Gasteiger partial charge >= 0.3 is 0 Å². The third-order valence-corrected chi connectivity index (χ3v) is 7.49. The molecule has 31 heavy (non-hydrogen) atoms. The first-order valence-electron chi connectivity index (χ1n) is 10.8. The second kappa shape index (κ2) is 6.18. The van der Waals surface area contributed by atoms with E-state index in [9.17, 15) is 4.79 Å². The minimum atomic E-state index is -0.226. The van der Waals surface area contributed by atoms with E-state index < -0.39 is 0 Å². The lowest BCUT2D eigenvalue weighted by molar-refractivity contribution is 0.0916. The van der Waals surface area contributed by atoms with Gasteiger partial charge in [-0.2, -0.15) is 4.98 Å². The molecule has 3 fully saturated rings. The van der Waals surface area contributed by atoms with Gasteiger partial charge in [0, 0.05) is 29.7 Å². The molecule has 3 saturated carbocycles. The van der Waals surface area contributed by atoms with Crippen molar-refractivity contribution in [3.8, 4) is 11.4 Å². The van der Waals surface area contributed by atoms with Gasteiger partial charge in [0.2, 0.25) is 11.7 Å². The Labute approximate surface area is 179 Å². The first-order valence-corrected chi connectivity index (χ1v) is 10.8. The maximum Gasteiger partial charge on any atom is 0.270 e. The van der Waals surface area contributed by atoms with Crippen LogP contribution in [-0.4, -0.2) is 36.5 Å². The van der Waals surface area contributed by atoms with Crippen LogP contribution in [0.5, 0.6) is 0 Å². The molecule has 3 aliphatic rings. The molecule has 3 aromatic heterocycles. The molecule has 3 aliphatic carbocycles. The van der Waals surface area contributed by atoms with Crippen LogP contribution in [0.25, 0.3) is 11.4 Å². The summed E-state index contributed by atoms with van der Waals surface area (Å²) in [7, 11) is 0. The molecule has 0 saturated heterocycles. The number of fused-ring (bicyclic) bond motifs is 1. The van der Waals surface area contributed by atoms with Crippen LogP contribution in [0.15, 0.2) is 41.3 Å². The van der Waals surface area contributed by atoms with E-state index in [1.807, 2.05) is 12.1 Å². The highest BCUT2D eigenvalue weighted by molar-refractivity contribution is 5.93. The van der Waals surface area contributed by atoms with Crippen LogP contribution in [0.2, 0.25) is 0 Å². The highest BCUT2D eigenvalue weighted by atomic mass is 16.5. The summed E-state index contributed by atoms with van der Waals surface area (Å²) in [4.78, 5) is 30.4. The molecule has 0 radical (unpaired) electrons. The van der Waals surface area contributed by atoms with Gasteiger partial charge < -0.3 is 9.84 Å². The van der Waals surface area contributed by atoms with Crippen molar-refractivity contribution in [1.29, 1.82) is 0 Å². The van der Waals surface area contributed by atoms with Crippen molar-refractivity contribution < 1.29 is 9.32 Å². The van der Waals surface area contributed by atoms with Gasteiger partial charge in [-0.15, -0.1) is 0 Å². The number of carbonyl (C=O) groups is 1. The lowest BCUT2D eigenvalue weighted by Crippen LogP contribution is -2.40. The average molecular weight is 416 g/mol. The summed E-state index contributed by atoms with van der Waals surface area (Å²) in [5.74, 6) is 2.26. The highest BCUT2D eigenvalue weighted by Gasteiger charge is 2.79. The van der Waals surface area contributed by atoms with Crippen LogP contribution in [-0.2, 0) is 5.41 Å². The number of hydrogen-bond donors (Lipinski definition) is 1. The minimum Gasteiger partial charge on any atom is -0.345 e. The van der Waals surface area contributed by atoms with E-state index in [-0.39, 0.29) is 22.3 Å². The molecule has 4 unspecified atom stereocenters. The Hall–Kier alpha value is -3.16. The molecular weight excluding hydrogens is 392 g/mol. The maximum absolute atomic E-state index is 13.0. The number of pyridine rings is 1. The third-order valence-electron chi connectivity index (χ3n) is 7.49. The van der Waals surface area contributed by atoms with Crippen molar-refractivity contribution in [3.63, 3.8) is 0 Å². The van der Waals surface area contributed by atoms with Crippen molar-refractivity contribution in [1.82, 2.24) is 30.4 Å². The second-order valence-corrected chi connectivity index (χ2v) is 9.79. The third kappa shape index (κ3) is 2.73. The standard InChI is InChI=1S/C23H24N6O2/c1-14-8-21(20-27-18(29-31-20)16-4-3-6-24-10-16)11-22(9-14)13-23(22,12-21)28-19(30)17-5-7-25-15(2)26-17/h3-7,10,14H,8-9,11-13H2,1-2H3,(H,28,30). The minimum absolute atomic E-state index is 0.103. The van der Waals surface area contributed by atoms with E-state index >= 15 is 0 Å². The molecule has 8 nitrogen and oxygen atoms in total. The molecule has 0 aliphatic heterocycles. The van der Waals surface area contributed by atoms with Crippen LogP contribution in [0.3, 0.4) is 0 Å². The lowest BCUT2D eigenvalue weighted by atomic mass is 9.67. The first-order chi connectivity index (χ1) is 14.9. The summed E-state index contributed by atoms with van der Waals surface area (Å²) in [5, 5.41) is 7.61. The summed E-state index contributed by atoms with van der Waals surface area (Å²) < 4.78 is 5.82. The largest absolute Gasteiger partial charge is 0.345 e. The zero-order valence-electron chi connectivity index (χ0n) is 17.6. The SMILES string of the molecule is Cc1nccc(C(=O)NC23CC4(c5nc(-c6cccnc6)no5)CC(C)CC2(C4)C3)n1. The number of aromatic nitrogens is 5. The zero-order chi connectivity index (χ0) is 21.3. The van der Waals surface area contributed by atoms with Gasteiger partial charge in [0.1, 0.15) is 11.5 Å². The van der Waals surface area contributed by atoms with E-state index in [1.165, 1.54) is 0 Å². The molecule has 2 bridgehead atoms. The molecule has 3 aromatic rings. The molecule has 158 valence electrons. The van der Waals surface area contributed by atoms with Gasteiger partial charge in [-0.25, -0.2) is 9.97 Å². The fourth-order valence-corrected chi connectivity index (χ4v) is 6.57. The van der Waals surface area contributed by atoms with Gasteiger partial charge in [0.15, 0.2) is 0 Å². The smallest absolute Gasteiger partial charge is 0.270 e. The van der Waals surface area contributed by atoms with E-state index in [2.05, 4.69) is 32.3 Å². The topological polar surface area (TPSA) is 107 Å². The van der Waals surface area contributed by atoms with Crippen molar-refractivity contribution in [2.45, 2.75) is 56.9 Å². The molecule has 8 heteroatoms. The van der Waals surface area contributed by atoms with Crippen molar-refractivity contribution in [3.05, 3.63) is 54.2 Å². The molecule has 0 aromatic carbocycles. The number of amides is 1. The predicted octanol–water partition coefficient (Wildman–Crippen LogP) is 3.25. The molecule has 1 spiro atoms. The van der Waals surface area contributed by atoms with E-state index in [1.54, 1.807) is 31.6 Å². The summed E-state index contributed by atoms with van der Waals surface area (Å²) in [5.41, 5.74) is 0.946. The Bertz CT molecular complexity index is 1180.